The molecule has 0 heterocycles. The van der Waals surface area contributed by atoms with Crippen LogP contribution in [0.25, 0.3) is 0 Å². The van der Waals surface area contributed by atoms with Crippen molar-refractivity contribution in [2.24, 2.45) is 0 Å². The minimum atomic E-state index is -0.387. The van der Waals surface area contributed by atoms with Gasteiger partial charge in [0.1, 0.15) is 0 Å². The van der Waals surface area contributed by atoms with Gasteiger partial charge in [0.25, 0.3) is 0 Å². The second-order valence-electron chi connectivity index (χ2n) is 5.20. The Kier molecular flexibility index (Phi) is 4.98. The van der Waals surface area contributed by atoms with Crippen LogP contribution >= 0.6 is 0 Å². The zero-order valence-electron chi connectivity index (χ0n) is 12.5. The van der Waals surface area contributed by atoms with Gasteiger partial charge >= 0.3 is 6.03 Å². The molecule has 0 atom stereocenters. The molecule has 0 saturated heterocycles. The van der Waals surface area contributed by atoms with Gasteiger partial charge in [0.15, 0.2) is 5.96 Å². The summed E-state index contributed by atoms with van der Waals surface area (Å²) in [5.74, 6) is 0.0350. The van der Waals surface area contributed by atoms with Crippen LogP contribution in [0, 0.1) is 12.3 Å². The van der Waals surface area contributed by atoms with Gasteiger partial charge in [0, 0.05) is 11.7 Å². The zero-order chi connectivity index (χ0) is 15.2. The summed E-state index contributed by atoms with van der Waals surface area (Å²) >= 11 is 0. The number of urea groups is 1. The number of rotatable bonds is 3. The standard InChI is InChI=1S/C16H22N4O/c1-3-12-8-6-7-11(2)14(12)19-16(21)20-15(17)18-13-9-4-5-10-13/h4-8,13H,3,9-10H2,1-2H3,(H4,17,18,19,20,21). The Morgan fingerprint density at radius 1 is 1.33 bits per heavy atom. The number of guanidine groups is 1. The predicted molar refractivity (Wildman–Crippen MR) is 85.7 cm³/mol. The van der Waals surface area contributed by atoms with E-state index in [1.807, 2.05) is 25.1 Å². The molecule has 0 aromatic heterocycles. The molecule has 1 aliphatic rings. The summed E-state index contributed by atoms with van der Waals surface area (Å²) in [6, 6.07) is 5.76. The first-order valence-corrected chi connectivity index (χ1v) is 7.26. The molecule has 0 fully saturated rings. The third-order valence-electron chi connectivity index (χ3n) is 3.57. The summed E-state index contributed by atoms with van der Waals surface area (Å²) in [6.07, 6.45) is 6.78. The van der Waals surface area contributed by atoms with Crippen molar-refractivity contribution in [3.05, 3.63) is 41.5 Å². The Hall–Kier alpha value is -2.30. The van der Waals surface area contributed by atoms with E-state index >= 15 is 0 Å². The maximum atomic E-state index is 12.0. The van der Waals surface area contributed by atoms with E-state index in [1.165, 1.54) is 0 Å². The van der Waals surface area contributed by atoms with Gasteiger partial charge < -0.3 is 10.6 Å². The normalized spacial score (nSPS) is 14.0. The summed E-state index contributed by atoms with van der Waals surface area (Å²) in [6.45, 7) is 4.01. The van der Waals surface area contributed by atoms with Crippen molar-refractivity contribution in [1.29, 1.82) is 5.41 Å². The van der Waals surface area contributed by atoms with E-state index < -0.39 is 0 Å². The van der Waals surface area contributed by atoms with Crippen molar-refractivity contribution in [2.45, 2.75) is 39.2 Å². The molecular weight excluding hydrogens is 264 g/mol. The van der Waals surface area contributed by atoms with Crippen LogP contribution in [0.4, 0.5) is 10.5 Å². The fraction of sp³-hybridized carbons (Fsp3) is 0.375. The van der Waals surface area contributed by atoms with Gasteiger partial charge in [-0.1, -0.05) is 37.3 Å². The highest BCUT2D eigenvalue weighted by atomic mass is 16.2. The van der Waals surface area contributed by atoms with Crippen LogP contribution in [0.1, 0.15) is 30.9 Å². The molecule has 0 saturated carbocycles. The summed E-state index contributed by atoms with van der Waals surface area (Å²) in [5.41, 5.74) is 2.93. The number of nitrogens with one attached hydrogen (secondary N) is 4. The quantitative estimate of drug-likeness (QED) is 0.392. The highest BCUT2D eigenvalue weighted by Crippen LogP contribution is 2.20. The molecule has 5 nitrogen and oxygen atoms in total. The molecule has 4 N–H and O–H groups in total. The van der Waals surface area contributed by atoms with E-state index in [-0.39, 0.29) is 18.0 Å². The molecule has 1 aromatic carbocycles. The van der Waals surface area contributed by atoms with Gasteiger partial charge in [-0.25, -0.2) is 4.79 Å². The van der Waals surface area contributed by atoms with Crippen molar-refractivity contribution < 1.29 is 4.79 Å². The van der Waals surface area contributed by atoms with E-state index in [4.69, 9.17) is 5.41 Å². The molecule has 0 aliphatic heterocycles. The van der Waals surface area contributed by atoms with Crippen LogP contribution in [-0.2, 0) is 6.42 Å². The molecular formula is C16H22N4O. The molecule has 21 heavy (non-hydrogen) atoms. The Bertz CT molecular complexity index is 557. The molecule has 0 bridgehead atoms. The number of hydrogen-bond donors (Lipinski definition) is 4. The number of carbonyl (C=O) groups is 1. The Morgan fingerprint density at radius 3 is 2.71 bits per heavy atom. The first-order chi connectivity index (χ1) is 10.1. The van der Waals surface area contributed by atoms with E-state index in [9.17, 15) is 4.79 Å². The third kappa shape index (κ3) is 4.08. The van der Waals surface area contributed by atoms with Gasteiger partial charge in [0.05, 0.1) is 0 Å². The van der Waals surface area contributed by atoms with E-state index in [0.717, 1.165) is 36.1 Å². The van der Waals surface area contributed by atoms with E-state index in [0.29, 0.717) is 0 Å². The highest BCUT2D eigenvalue weighted by molar-refractivity contribution is 6.02. The average molecular weight is 286 g/mol. The number of anilines is 1. The first kappa shape index (κ1) is 15.1. The molecule has 1 aromatic rings. The largest absolute Gasteiger partial charge is 0.353 e. The SMILES string of the molecule is CCc1cccc(C)c1NC(=O)NC(=N)NC1CC=CC1. The molecule has 0 radical (unpaired) electrons. The third-order valence-corrected chi connectivity index (χ3v) is 3.57. The molecule has 112 valence electrons. The second kappa shape index (κ2) is 6.92. The number of hydrogen-bond acceptors (Lipinski definition) is 2. The maximum Gasteiger partial charge on any atom is 0.326 e. The van der Waals surface area contributed by atoms with Gasteiger partial charge in [-0.2, -0.15) is 0 Å². The molecule has 5 heteroatoms. The summed E-state index contributed by atoms with van der Waals surface area (Å²) in [7, 11) is 0. The van der Waals surface area contributed by atoms with Gasteiger partial charge in [-0.15, -0.1) is 0 Å². The van der Waals surface area contributed by atoms with Crippen molar-refractivity contribution in [2.75, 3.05) is 5.32 Å². The lowest BCUT2D eigenvalue weighted by Gasteiger charge is -2.17. The predicted octanol–water partition coefficient (Wildman–Crippen LogP) is 2.92. The van der Waals surface area contributed by atoms with Crippen molar-refractivity contribution in [3.8, 4) is 0 Å². The molecule has 0 spiro atoms. The van der Waals surface area contributed by atoms with Crippen molar-refractivity contribution in [1.82, 2.24) is 10.6 Å². The molecule has 2 rings (SSSR count). The van der Waals surface area contributed by atoms with Gasteiger partial charge in [-0.3, -0.25) is 10.7 Å². The molecule has 1 aliphatic carbocycles. The van der Waals surface area contributed by atoms with E-state index in [1.54, 1.807) is 0 Å². The van der Waals surface area contributed by atoms with Crippen molar-refractivity contribution >= 4 is 17.7 Å². The summed E-state index contributed by atoms with van der Waals surface area (Å²) in [4.78, 5) is 12.0. The van der Waals surface area contributed by atoms with Gasteiger partial charge in [0.2, 0.25) is 0 Å². The Balaban J connectivity index is 1.91. The van der Waals surface area contributed by atoms with Crippen LogP contribution in [-0.4, -0.2) is 18.0 Å². The maximum absolute atomic E-state index is 12.0. The smallest absolute Gasteiger partial charge is 0.326 e. The number of carbonyl (C=O) groups excluding carboxylic acids is 1. The topological polar surface area (TPSA) is 77.0 Å². The summed E-state index contributed by atoms with van der Waals surface area (Å²) in [5, 5.41) is 16.1. The number of aryl methyl sites for hydroxylation is 2. The fourth-order valence-corrected chi connectivity index (χ4v) is 2.44. The lowest BCUT2D eigenvalue weighted by atomic mass is 10.1. The van der Waals surface area contributed by atoms with Crippen molar-refractivity contribution in [3.63, 3.8) is 0 Å². The minimum Gasteiger partial charge on any atom is -0.353 e. The van der Waals surface area contributed by atoms with Crippen LogP contribution < -0.4 is 16.0 Å². The fourth-order valence-electron chi connectivity index (χ4n) is 2.44. The second-order valence-corrected chi connectivity index (χ2v) is 5.20. The monoisotopic (exact) mass is 286 g/mol. The van der Waals surface area contributed by atoms with Crippen LogP contribution in [0.15, 0.2) is 30.4 Å². The Labute approximate surface area is 125 Å². The minimum absolute atomic E-state index is 0.0350. The average Bonchev–Trinajstić information content (AvgIpc) is 2.93. The first-order valence-electron chi connectivity index (χ1n) is 7.26. The Morgan fingerprint density at radius 2 is 2.05 bits per heavy atom. The highest BCUT2D eigenvalue weighted by Gasteiger charge is 2.14. The van der Waals surface area contributed by atoms with Crippen LogP contribution in [0.5, 0.6) is 0 Å². The van der Waals surface area contributed by atoms with E-state index in [2.05, 4.69) is 35.0 Å². The van der Waals surface area contributed by atoms with Crippen LogP contribution in [0.2, 0.25) is 0 Å². The lowest BCUT2D eigenvalue weighted by Crippen LogP contribution is -2.46. The molecule has 0 unspecified atom stereocenters. The summed E-state index contributed by atoms with van der Waals surface area (Å²) < 4.78 is 0. The molecule has 2 amide bonds. The van der Waals surface area contributed by atoms with Gasteiger partial charge in [-0.05, 0) is 37.3 Å². The number of amides is 2. The number of para-hydroxylation sites is 1. The lowest BCUT2D eigenvalue weighted by molar-refractivity contribution is 0.255. The number of benzene rings is 1. The van der Waals surface area contributed by atoms with Crippen LogP contribution in [0.3, 0.4) is 0 Å². The zero-order valence-corrected chi connectivity index (χ0v) is 12.5.